The van der Waals surface area contributed by atoms with Crippen LogP contribution in [0.2, 0.25) is 0 Å². The summed E-state index contributed by atoms with van der Waals surface area (Å²) in [7, 11) is 4.36. The number of fused-ring (bicyclic) bond motifs is 3. The van der Waals surface area contributed by atoms with Crippen molar-refractivity contribution in [2.45, 2.75) is 18.1 Å². The zero-order chi connectivity index (χ0) is 21.4. The molecule has 8 heteroatoms. The van der Waals surface area contributed by atoms with Crippen molar-refractivity contribution in [2.24, 2.45) is 5.73 Å². The normalized spacial score (nSPS) is 23.0. The predicted octanol–water partition coefficient (Wildman–Crippen LogP) is 2.14. The van der Waals surface area contributed by atoms with Gasteiger partial charge in [-0.25, -0.2) is 9.59 Å². The standard InChI is InChI=1S/C22H21NO7/c1-26-14-9-8-11(10-15(14)27-2)16-17-19(30-20(23)18(16)21(24)28-3)12-6-4-5-7-13(12)29-22(17)25/h4-10,14-16H,23H2,1-3H3/t14-,15+,16-/m0/s1. The first-order valence-corrected chi connectivity index (χ1v) is 9.27. The van der Waals surface area contributed by atoms with Gasteiger partial charge in [-0.2, -0.15) is 0 Å². The van der Waals surface area contributed by atoms with Gasteiger partial charge in [-0.05, 0) is 23.8 Å². The number of ether oxygens (including phenoxy) is 4. The third kappa shape index (κ3) is 3.10. The number of para-hydroxylation sites is 1. The van der Waals surface area contributed by atoms with E-state index in [0.29, 0.717) is 16.5 Å². The van der Waals surface area contributed by atoms with E-state index in [1.807, 2.05) is 0 Å². The number of esters is 1. The Bertz CT molecular complexity index is 1160. The minimum absolute atomic E-state index is 0.0224. The molecule has 4 rings (SSSR count). The van der Waals surface area contributed by atoms with Crippen molar-refractivity contribution in [3.63, 3.8) is 0 Å². The van der Waals surface area contributed by atoms with Crippen LogP contribution in [0.25, 0.3) is 11.0 Å². The van der Waals surface area contributed by atoms with Crippen molar-refractivity contribution in [3.05, 3.63) is 75.5 Å². The van der Waals surface area contributed by atoms with E-state index >= 15 is 0 Å². The molecule has 1 aromatic heterocycles. The molecule has 2 aliphatic rings. The Hall–Kier alpha value is -3.36. The van der Waals surface area contributed by atoms with E-state index in [4.69, 9.17) is 29.1 Å². The highest BCUT2D eigenvalue weighted by molar-refractivity contribution is 5.94. The van der Waals surface area contributed by atoms with Crippen LogP contribution >= 0.6 is 0 Å². The molecule has 0 saturated heterocycles. The van der Waals surface area contributed by atoms with Gasteiger partial charge in [-0.1, -0.05) is 24.3 Å². The van der Waals surface area contributed by atoms with E-state index in [2.05, 4.69) is 0 Å². The number of rotatable bonds is 4. The highest BCUT2D eigenvalue weighted by Gasteiger charge is 2.40. The fourth-order valence-corrected chi connectivity index (χ4v) is 3.87. The van der Waals surface area contributed by atoms with Crippen molar-refractivity contribution in [1.82, 2.24) is 0 Å². The summed E-state index contributed by atoms with van der Waals surface area (Å²) in [4.78, 5) is 25.6. The predicted molar refractivity (Wildman–Crippen MR) is 108 cm³/mol. The third-order valence-corrected chi connectivity index (χ3v) is 5.30. The number of carbonyl (C=O) groups excluding carboxylic acids is 1. The molecule has 0 spiro atoms. The summed E-state index contributed by atoms with van der Waals surface area (Å²) in [6.07, 6.45) is 4.63. The Morgan fingerprint density at radius 2 is 1.83 bits per heavy atom. The lowest BCUT2D eigenvalue weighted by atomic mass is 9.80. The minimum Gasteiger partial charge on any atom is -0.465 e. The van der Waals surface area contributed by atoms with Crippen LogP contribution in [0, 0.1) is 0 Å². The molecular formula is C22H21NO7. The van der Waals surface area contributed by atoms with Crippen LogP contribution in [0.15, 0.2) is 68.7 Å². The highest BCUT2D eigenvalue weighted by Crippen LogP contribution is 2.45. The molecule has 0 amide bonds. The fraction of sp³-hybridized carbons (Fsp3) is 0.273. The molecule has 1 aromatic carbocycles. The van der Waals surface area contributed by atoms with E-state index in [0.717, 1.165) is 0 Å². The van der Waals surface area contributed by atoms with Gasteiger partial charge in [-0.15, -0.1) is 0 Å². The summed E-state index contributed by atoms with van der Waals surface area (Å²) in [5, 5.41) is 0.572. The maximum atomic E-state index is 13.0. The van der Waals surface area contributed by atoms with Crippen molar-refractivity contribution < 1.29 is 28.2 Å². The second-order valence-electron chi connectivity index (χ2n) is 6.86. The van der Waals surface area contributed by atoms with Crippen LogP contribution < -0.4 is 16.1 Å². The van der Waals surface area contributed by atoms with Crippen LogP contribution in [-0.4, -0.2) is 39.5 Å². The van der Waals surface area contributed by atoms with Crippen molar-refractivity contribution in [2.75, 3.05) is 21.3 Å². The van der Waals surface area contributed by atoms with E-state index in [9.17, 15) is 9.59 Å². The summed E-state index contributed by atoms with van der Waals surface area (Å²) >= 11 is 0. The van der Waals surface area contributed by atoms with E-state index in [-0.39, 0.29) is 28.9 Å². The Balaban J connectivity index is 1.99. The molecule has 0 radical (unpaired) electrons. The summed E-state index contributed by atoms with van der Waals surface area (Å²) in [6, 6.07) is 6.96. The zero-order valence-electron chi connectivity index (χ0n) is 16.7. The van der Waals surface area contributed by atoms with Gasteiger partial charge < -0.3 is 29.1 Å². The van der Waals surface area contributed by atoms with Gasteiger partial charge in [0.15, 0.2) is 5.75 Å². The Morgan fingerprint density at radius 1 is 1.10 bits per heavy atom. The molecule has 1 aliphatic heterocycles. The first-order chi connectivity index (χ1) is 14.5. The van der Waals surface area contributed by atoms with Crippen LogP contribution in [0.3, 0.4) is 0 Å². The third-order valence-electron chi connectivity index (χ3n) is 5.30. The molecule has 30 heavy (non-hydrogen) atoms. The molecule has 2 N–H and O–H groups in total. The van der Waals surface area contributed by atoms with Crippen LogP contribution in [0.1, 0.15) is 11.5 Å². The maximum Gasteiger partial charge on any atom is 0.344 e. The van der Waals surface area contributed by atoms with Crippen molar-refractivity contribution >= 4 is 16.9 Å². The second kappa shape index (κ2) is 7.81. The van der Waals surface area contributed by atoms with Crippen LogP contribution in [-0.2, 0) is 19.0 Å². The summed E-state index contributed by atoms with van der Waals surface area (Å²) in [5.41, 5.74) is 6.69. The lowest BCUT2D eigenvalue weighted by molar-refractivity contribution is -0.136. The summed E-state index contributed by atoms with van der Waals surface area (Å²) in [6.45, 7) is 0. The average Bonchev–Trinajstić information content (AvgIpc) is 2.77. The molecule has 3 atom stereocenters. The minimum atomic E-state index is -0.853. The number of benzene rings is 1. The first-order valence-electron chi connectivity index (χ1n) is 9.27. The SMILES string of the molecule is COC(=O)C1=C(N)Oc2c(c(=O)oc3ccccc23)[C@@H]1C1=C[C@@H](OC)[C@@H](OC)C=C1. The number of hydrogen-bond donors (Lipinski definition) is 1. The first kappa shape index (κ1) is 19.9. The Labute approximate surface area is 172 Å². The molecule has 2 heterocycles. The number of nitrogens with two attached hydrogens (primary N) is 1. The summed E-state index contributed by atoms with van der Waals surface area (Å²) < 4.78 is 27.1. The lowest BCUT2D eigenvalue weighted by Gasteiger charge is -2.31. The number of hydrogen-bond acceptors (Lipinski definition) is 8. The molecular weight excluding hydrogens is 390 g/mol. The maximum absolute atomic E-state index is 13.0. The van der Waals surface area contributed by atoms with Gasteiger partial charge >= 0.3 is 11.6 Å². The molecule has 156 valence electrons. The Kier molecular flexibility index (Phi) is 5.19. The van der Waals surface area contributed by atoms with Gasteiger partial charge in [0.25, 0.3) is 0 Å². The van der Waals surface area contributed by atoms with Crippen molar-refractivity contribution in [3.8, 4) is 5.75 Å². The van der Waals surface area contributed by atoms with Gasteiger partial charge in [-0.3, -0.25) is 0 Å². The lowest BCUT2D eigenvalue weighted by Crippen LogP contribution is -2.34. The molecule has 0 bridgehead atoms. The van der Waals surface area contributed by atoms with E-state index in [1.54, 1.807) is 56.7 Å². The Morgan fingerprint density at radius 3 is 2.53 bits per heavy atom. The molecule has 0 fully saturated rings. The number of carbonyl (C=O) groups is 1. The average molecular weight is 411 g/mol. The molecule has 0 saturated carbocycles. The van der Waals surface area contributed by atoms with E-state index in [1.165, 1.54) is 7.11 Å². The van der Waals surface area contributed by atoms with Gasteiger partial charge in [0.05, 0.1) is 24.0 Å². The quantitative estimate of drug-likeness (QED) is 0.602. The summed E-state index contributed by atoms with van der Waals surface area (Å²) in [5.74, 6) is -1.43. The second-order valence-corrected chi connectivity index (χ2v) is 6.86. The smallest absolute Gasteiger partial charge is 0.344 e. The topological polar surface area (TPSA) is 110 Å². The monoisotopic (exact) mass is 411 g/mol. The van der Waals surface area contributed by atoms with Crippen LogP contribution in [0.5, 0.6) is 5.75 Å². The molecule has 2 aromatic rings. The van der Waals surface area contributed by atoms with Gasteiger partial charge in [0.2, 0.25) is 5.88 Å². The molecule has 0 unspecified atom stereocenters. The van der Waals surface area contributed by atoms with Gasteiger partial charge in [0, 0.05) is 14.2 Å². The zero-order valence-corrected chi connectivity index (χ0v) is 16.7. The number of allylic oxidation sites excluding steroid dienone is 2. The van der Waals surface area contributed by atoms with Gasteiger partial charge in [0.1, 0.15) is 23.4 Å². The largest absolute Gasteiger partial charge is 0.465 e. The van der Waals surface area contributed by atoms with Crippen molar-refractivity contribution in [1.29, 1.82) is 0 Å². The number of methoxy groups -OCH3 is 3. The molecule has 1 aliphatic carbocycles. The highest BCUT2D eigenvalue weighted by atomic mass is 16.5. The molecule has 8 nitrogen and oxygen atoms in total. The van der Waals surface area contributed by atoms with E-state index < -0.39 is 23.6 Å². The fourth-order valence-electron chi connectivity index (χ4n) is 3.87. The van der Waals surface area contributed by atoms with Crippen LogP contribution in [0.4, 0.5) is 0 Å².